The first kappa shape index (κ1) is 33.2. The molecule has 12 heteroatoms. The molecule has 0 aromatic heterocycles. The number of nitrogens with one attached hydrogen (secondary N) is 2. The van der Waals surface area contributed by atoms with Gasteiger partial charge >= 0.3 is 6.03 Å². The highest BCUT2D eigenvalue weighted by Gasteiger charge is 2.31. The SMILES string of the molecule is C[C@@H]1CCCCO[C@@H](CN(C)C(=O)Nc2ccccc2)[C@H](C)CN([C@@H](C)CO)C(=O)c2cc(NS(C)(=O)=O)ccc2O1. The van der Waals surface area contributed by atoms with E-state index in [1.165, 1.54) is 6.07 Å². The molecular weight excluding hydrogens is 560 g/mol. The van der Waals surface area contributed by atoms with Gasteiger partial charge in [-0.2, -0.15) is 0 Å². The van der Waals surface area contributed by atoms with E-state index in [2.05, 4.69) is 10.0 Å². The Bertz CT molecular complexity index is 1290. The number of para-hydroxylation sites is 1. The third kappa shape index (κ3) is 9.88. The van der Waals surface area contributed by atoms with Gasteiger partial charge in [0.1, 0.15) is 5.75 Å². The molecule has 232 valence electrons. The lowest BCUT2D eigenvalue weighted by atomic mass is 10.0. The number of ether oxygens (including phenoxy) is 2. The van der Waals surface area contributed by atoms with Crippen LogP contribution in [0, 0.1) is 5.92 Å². The van der Waals surface area contributed by atoms with Gasteiger partial charge in [-0.1, -0.05) is 25.1 Å². The fraction of sp³-hybridized carbons (Fsp3) is 0.533. The first-order chi connectivity index (χ1) is 19.9. The van der Waals surface area contributed by atoms with Crippen LogP contribution in [0.25, 0.3) is 0 Å². The molecule has 1 aliphatic heterocycles. The summed E-state index contributed by atoms with van der Waals surface area (Å²) in [6.07, 6.45) is 2.77. The molecule has 1 aliphatic rings. The third-order valence-corrected chi connectivity index (χ3v) is 7.79. The normalized spacial score (nSPS) is 21.3. The number of rotatable bonds is 7. The van der Waals surface area contributed by atoms with E-state index in [-0.39, 0.29) is 49.0 Å². The summed E-state index contributed by atoms with van der Waals surface area (Å²) in [5, 5.41) is 13.0. The Hall–Kier alpha value is -3.35. The minimum atomic E-state index is -3.58. The number of hydrogen-bond acceptors (Lipinski definition) is 7. The Kier molecular flexibility index (Phi) is 12.0. The number of nitrogens with zero attached hydrogens (tertiary/aromatic N) is 2. The number of carbonyl (C=O) groups excluding carboxylic acids is 2. The number of benzene rings is 2. The Labute approximate surface area is 249 Å². The molecule has 0 bridgehead atoms. The van der Waals surface area contributed by atoms with Crippen molar-refractivity contribution in [2.24, 2.45) is 5.92 Å². The van der Waals surface area contributed by atoms with Crippen molar-refractivity contribution >= 4 is 33.3 Å². The van der Waals surface area contributed by atoms with Crippen molar-refractivity contribution in [2.45, 2.75) is 58.3 Å². The number of hydrogen-bond donors (Lipinski definition) is 3. The van der Waals surface area contributed by atoms with Gasteiger partial charge in [0.15, 0.2) is 0 Å². The summed E-state index contributed by atoms with van der Waals surface area (Å²) < 4.78 is 38.7. The Morgan fingerprint density at radius 3 is 2.52 bits per heavy atom. The standard InChI is InChI=1S/C30H44N4O7S/c1-21-18-34(22(2)20-35)29(36)26-17-25(32-42(5,38)39)14-15-27(26)41-23(3)11-9-10-16-40-28(21)19-33(4)30(37)31-24-12-7-6-8-13-24/h6-8,12-15,17,21-23,28,32,35H,9-11,16,18-20H2,1-5H3,(H,31,37)/t21-,22+,23-,28+/m1/s1. The molecule has 1 heterocycles. The second-order valence-corrected chi connectivity index (χ2v) is 12.8. The maximum atomic E-state index is 14.1. The van der Waals surface area contributed by atoms with Gasteiger partial charge in [0.05, 0.1) is 36.7 Å². The smallest absolute Gasteiger partial charge is 0.321 e. The van der Waals surface area contributed by atoms with E-state index in [9.17, 15) is 23.1 Å². The number of likely N-dealkylation sites (N-methyl/N-ethyl adjacent to an activating group) is 1. The van der Waals surface area contributed by atoms with Crippen LogP contribution < -0.4 is 14.8 Å². The summed E-state index contributed by atoms with van der Waals surface area (Å²) in [7, 11) is -1.88. The molecular formula is C30H44N4O7S. The highest BCUT2D eigenvalue weighted by Crippen LogP contribution is 2.29. The molecule has 0 spiro atoms. The van der Waals surface area contributed by atoms with Crippen LogP contribution in [0.15, 0.2) is 48.5 Å². The zero-order valence-electron chi connectivity index (χ0n) is 25.1. The zero-order valence-corrected chi connectivity index (χ0v) is 25.9. The monoisotopic (exact) mass is 604 g/mol. The number of carbonyl (C=O) groups is 2. The Morgan fingerprint density at radius 1 is 1.14 bits per heavy atom. The lowest BCUT2D eigenvalue weighted by molar-refractivity contribution is -0.0115. The van der Waals surface area contributed by atoms with Crippen LogP contribution in [-0.2, 0) is 14.8 Å². The molecule has 2 aromatic carbocycles. The van der Waals surface area contributed by atoms with Gasteiger partial charge in [0.2, 0.25) is 10.0 Å². The van der Waals surface area contributed by atoms with Crippen LogP contribution in [0.4, 0.5) is 16.2 Å². The lowest BCUT2D eigenvalue weighted by Gasteiger charge is -2.35. The molecule has 0 saturated heterocycles. The van der Waals surface area contributed by atoms with Crippen molar-refractivity contribution in [2.75, 3.05) is 49.6 Å². The summed E-state index contributed by atoms with van der Waals surface area (Å²) in [5.41, 5.74) is 1.11. The van der Waals surface area contributed by atoms with Crippen LogP contribution in [0.2, 0.25) is 0 Å². The molecule has 2 aromatic rings. The van der Waals surface area contributed by atoms with Crippen LogP contribution >= 0.6 is 0 Å². The third-order valence-electron chi connectivity index (χ3n) is 7.18. The lowest BCUT2D eigenvalue weighted by Crippen LogP contribution is -2.48. The number of sulfonamides is 1. The molecule has 0 aliphatic carbocycles. The molecule has 4 atom stereocenters. The van der Waals surface area contributed by atoms with Gasteiger partial charge in [-0.25, -0.2) is 13.2 Å². The molecule has 0 unspecified atom stereocenters. The first-order valence-electron chi connectivity index (χ1n) is 14.3. The van der Waals surface area contributed by atoms with E-state index >= 15 is 0 Å². The quantitative estimate of drug-likeness (QED) is 0.434. The molecule has 11 nitrogen and oxygen atoms in total. The van der Waals surface area contributed by atoms with Crippen molar-refractivity contribution in [1.29, 1.82) is 0 Å². The van der Waals surface area contributed by atoms with Crippen molar-refractivity contribution in [3.05, 3.63) is 54.1 Å². The van der Waals surface area contributed by atoms with E-state index in [4.69, 9.17) is 9.47 Å². The van der Waals surface area contributed by atoms with Gasteiger partial charge in [-0.15, -0.1) is 0 Å². The van der Waals surface area contributed by atoms with Gasteiger partial charge < -0.3 is 29.7 Å². The number of aliphatic hydroxyl groups excluding tert-OH is 1. The van der Waals surface area contributed by atoms with Crippen LogP contribution in [0.5, 0.6) is 5.75 Å². The van der Waals surface area contributed by atoms with Gasteiger partial charge in [-0.3, -0.25) is 9.52 Å². The topological polar surface area (TPSA) is 138 Å². The van der Waals surface area contributed by atoms with Gasteiger partial charge in [0, 0.05) is 44.0 Å². The van der Waals surface area contributed by atoms with E-state index in [1.807, 2.05) is 44.2 Å². The molecule has 3 amide bonds. The zero-order chi connectivity index (χ0) is 30.9. The van der Waals surface area contributed by atoms with Crippen molar-refractivity contribution in [3.63, 3.8) is 0 Å². The van der Waals surface area contributed by atoms with Crippen LogP contribution in [0.1, 0.15) is 50.4 Å². The molecule has 3 N–H and O–H groups in total. The highest BCUT2D eigenvalue weighted by molar-refractivity contribution is 7.92. The second kappa shape index (κ2) is 15.2. The average Bonchev–Trinajstić information content (AvgIpc) is 2.94. The van der Waals surface area contributed by atoms with E-state index in [0.717, 1.165) is 25.5 Å². The summed E-state index contributed by atoms with van der Waals surface area (Å²) in [6.45, 7) is 6.32. The fourth-order valence-corrected chi connectivity index (χ4v) is 5.31. The number of anilines is 2. The van der Waals surface area contributed by atoms with Gasteiger partial charge in [-0.05, 0) is 63.4 Å². The van der Waals surface area contributed by atoms with Crippen LogP contribution in [0.3, 0.4) is 0 Å². The highest BCUT2D eigenvalue weighted by atomic mass is 32.2. The predicted molar refractivity (Wildman–Crippen MR) is 163 cm³/mol. The number of urea groups is 1. The maximum Gasteiger partial charge on any atom is 0.321 e. The first-order valence-corrected chi connectivity index (χ1v) is 16.2. The van der Waals surface area contributed by atoms with Gasteiger partial charge in [0.25, 0.3) is 5.91 Å². The van der Waals surface area contributed by atoms with E-state index in [1.54, 1.807) is 35.9 Å². The largest absolute Gasteiger partial charge is 0.490 e. The van der Waals surface area contributed by atoms with Crippen LogP contribution in [-0.4, -0.2) is 93.1 Å². The Morgan fingerprint density at radius 2 is 1.86 bits per heavy atom. The maximum absolute atomic E-state index is 14.1. The van der Waals surface area contributed by atoms with E-state index in [0.29, 0.717) is 18.0 Å². The summed E-state index contributed by atoms with van der Waals surface area (Å²) in [6, 6.07) is 13.0. The number of fused-ring (bicyclic) bond motifs is 1. The molecule has 42 heavy (non-hydrogen) atoms. The molecule has 3 rings (SSSR count). The number of amides is 3. The Balaban J connectivity index is 1.91. The minimum Gasteiger partial charge on any atom is -0.490 e. The van der Waals surface area contributed by atoms with Crippen molar-refractivity contribution in [3.8, 4) is 5.75 Å². The second-order valence-electron chi connectivity index (χ2n) is 11.1. The fourth-order valence-electron chi connectivity index (χ4n) is 4.76. The van der Waals surface area contributed by atoms with Crippen molar-refractivity contribution < 1.29 is 32.6 Å². The number of aliphatic hydroxyl groups is 1. The minimum absolute atomic E-state index is 0.192. The molecule has 0 fully saturated rings. The van der Waals surface area contributed by atoms with E-state index < -0.39 is 28.1 Å². The predicted octanol–water partition coefficient (Wildman–Crippen LogP) is 4.02. The average molecular weight is 605 g/mol. The summed E-state index contributed by atoms with van der Waals surface area (Å²) in [5.74, 6) is -0.288. The van der Waals surface area contributed by atoms with Crippen molar-refractivity contribution in [1.82, 2.24) is 9.80 Å². The summed E-state index contributed by atoms with van der Waals surface area (Å²) in [4.78, 5) is 30.1. The molecule has 0 radical (unpaired) electrons. The molecule has 0 saturated carbocycles. The summed E-state index contributed by atoms with van der Waals surface area (Å²) >= 11 is 0.